The minimum Gasteiger partial charge on any atom is -0.310 e. The van der Waals surface area contributed by atoms with Gasteiger partial charge in [-0.2, -0.15) is 0 Å². The standard InChI is InChI=1S/C13H17ClN4O4S/c1-6-3-9(11(14)7(2)12(6)23(16,21)22)18-5-8(4-10(18)19)13(20)17-15/h3,8H,4-5,15H2,1-2H3,(H,17,20)(H2,16,21,22). The summed E-state index contributed by atoms with van der Waals surface area (Å²) in [7, 11) is -3.94. The minimum absolute atomic E-state index is 0.00833. The number of rotatable bonds is 3. The van der Waals surface area contributed by atoms with Crippen LogP contribution in [0.2, 0.25) is 5.02 Å². The van der Waals surface area contributed by atoms with Crippen molar-refractivity contribution in [3.05, 3.63) is 22.2 Å². The molecule has 0 spiro atoms. The first kappa shape index (κ1) is 17.7. The number of aryl methyl sites for hydroxylation is 1. The molecule has 1 saturated heterocycles. The number of carbonyl (C=O) groups is 2. The highest BCUT2D eigenvalue weighted by molar-refractivity contribution is 7.89. The number of benzene rings is 1. The third kappa shape index (κ3) is 3.18. The molecule has 2 amide bonds. The van der Waals surface area contributed by atoms with E-state index < -0.39 is 21.8 Å². The maximum absolute atomic E-state index is 12.2. The van der Waals surface area contributed by atoms with Crippen LogP contribution in [-0.4, -0.2) is 26.8 Å². The Labute approximate surface area is 138 Å². The number of nitrogens with zero attached hydrogens (tertiary/aromatic N) is 1. The van der Waals surface area contributed by atoms with Gasteiger partial charge in [0, 0.05) is 13.0 Å². The third-order valence-corrected chi connectivity index (χ3v) is 5.49. The highest BCUT2D eigenvalue weighted by Gasteiger charge is 2.36. The molecule has 1 atom stereocenters. The van der Waals surface area contributed by atoms with Crippen molar-refractivity contribution in [2.45, 2.75) is 25.2 Å². The van der Waals surface area contributed by atoms with Crippen LogP contribution in [0.5, 0.6) is 0 Å². The molecule has 5 N–H and O–H groups in total. The first-order valence-electron chi connectivity index (χ1n) is 6.71. The van der Waals surface area contributed by atoms with Crippen LogP contribution in [0.3, 0.4) is 0 Å². The summed E-state index contributed by atoms with van der Waals surface area (Å²) in [6.45, 7) is 3.20. The lowest BCUT2D eigenvalue weighted by Crippen LogP contribution is -2.37. The highest BCUT2D eigenvalue weighted by atomic mass is 35.5. The van der Waals surface area contributed by atoms with Crippen molar-refractivity contribution in [3.63, 3.8) is 0 Å². The lowest BCUT2D eigenvalue weighted by Gasteiger charge is -2.21. The number of primary sulfonamides is 1. The largest absolute Gasteiger partial charge is 0.310 e. The topological polar surface area (TPSA) is 136 Å². The molecule has 1 heterocycles. The normalized spacial score (nSPS) is 18.4. The van der Waals surface area contributed by atoms with E-state index in [1.54, 1.807) is 6.92 Å². The number of nitrogens with one attached hydrogen (secondary N) is 1. The van der Waals surface area contributed by atoms with Gasteiger partial charge in [0.25, 0.3) is 0 Å². The van der Waals surface area contributed by atoms with E-state index in [9.17, 15) is 18.0 Å². The van der Waals surface area contributed by atoms with E-state index in [-0.39, 0.29) is 34.4 Å². The second-order valence-corrected chi connectivity index (χ2v) is 7.32. The fourth-order valence-electron chi connectivity index (χ4n) is 2.79. The first-order chi connectivity index (χ1) is 10.6. The van der Waals surface area contributed by atoms with E-state index in [1.807, 2.05) is 5.43 Å². The van der Waals surface area contributed by atoms with Crippen LogP contribution in [0.25, 0.3) is 0 Å². The zero-order valence-corrected chi connectivity index (χ0v) is 14.2. The summed E-state index contributed by atoms with van der Waals surface area (Å²) in [5, 5.41) is 5.32. The molecule has 0 saturated carbocycles. The van der Waals surface area contributed by atoms with Crippen molar-refractivity contribution in [3.8, 4) is 0 Å². The van der Waals surface area contributed by atoms with Gasteiger partial charge in [0.2, 0.25) is 21.8 Å². The average molecular weight is 361 g/mol. The van der Waals surface area contributed by atoms with Gasteiger partial charge >= 0.3 is 0 Å². The van der Waals surface area contributed by atoms with Crippen LogP contribution in [0, 0.1) is 19.8 Å². The predicted octanol–water partition coefficient (Wildman–Crippen LogP) is -0.0530. The molecule has 1 fully saturated rings. The van der Waals surface area contributed by atoms with Gasteiger partial charge in [-0.05, 0) is 31.0 Å². The van der Waals surface area contributed by atoms with Gasteiger partial charge < -0.3 is 4.90 Å². The zero-order valence-electron chi connectivity index (χ0n) is 12.6. The lowest BCUT2D eigenvalue weighted by atomic mass is 10.1. The zero-order chi connectivity index (χ0) is 17.5. The fourth-order valence-corrected chi connectivity index (χ4v) is 4.13. The Hall–Kier alpha value is -1.68. The molecule has 1 aliphatic heterocycles. The summed E-state index contributed by atoms with van der Waals surface area (Å²) in [5.74, 6) is 3.78. The Morgan fingerprint density at radius 3 is 2.57 bits per heavy atom. The Bertz CT molecular complexity index is 794. The van der Waals surface area contributed by atoms with Crippen LogP contribution in [0.4, 0.5) is 5.69 Å². The molecule has 2 rings (SSSR count). The molecule has 1 aromatic carbocycles. The van der Waals surface area contributed by atoms with Crippen LogP contribution >= 0.6 is 11.6 Å². The summed E-state index contributed by atoms with van der Waals surface area (Å²) >= 11 is 6.24. The molecule has 1 aliphatic rings. The maximum atomic E-state index is 12.2. The van der Waals surface area contributed by atoms with Crippen molar-refractivity contribution in [1.29, 1.82) is 0 Å². The lowest BCUT2D eigenvalue weighted by molar-refractivity contribution is -0.126. The highest BCUT2D eigenvalue weighted by Crippen LogP contribution is 2.37. The maximum Gasteiger partial charge on any atom is 0.239 e. The van der Waals surface area contributed by atoms with Crippen molar-refractivity contribution < 1.29 is 18.0 Å². The predicted molar refractivity (Wildman–Crippen MR) is 85.1 cm³/mol. The molecule has 0 radical (unpaired) electrons. The average Bonchev–Trinajstić information content (AvgIpc) is 2.82. The van der Waals surface area contributed by atoms with Crippen LogP contribution in [0.15, 0.2) is 11.0 Å². The van der Waals surface area contributed by atoms with Crippen LogP contribution in [-0.2, 0) is 19.6 Å². The Kier molecular flexibility index (Phi) is 4.67. The number of sulfonamides is 1. The molecule has 0 bridgehead atoms. The third-order valence-electron chi connectivity index (χ3n) is 3.82. The quantitative estimate of drug-likeness (QED) is 0.394. The second-order valence-electron chi connectivity index (χ2n) is 5.44. The molecule has 1 aromatic rings. The molecule has 0 aromatic heterocycles. The van der Waals surface area contributed by atoms with Gasteiger partial charge in [0.05, 0.1) is 21.5 Å². The van der Waals surface area contributed by atoms with E-state index in [4.69, 9.17) is 22.6 Å². The summed E-state index contributed by atoms with van der Waals surface area (Å²) in [5.41, 5.74) is 3.02. The Morgan fingerprint density at radius 1 is 1.43 bits per heavy atom. The molecule has 23 heavy (non-hydrogen) atoms. The van der Waals surface area contributed by atoms with E-state index in [2.05, 4.69) is 0 Å². The SMILES string of the molecule is Cc1cc(N2CC(C(=O)NN)CC2=O)c(Cl)c(C)c1S(N)(=O)=O. The summed E-state index contributed by atoms with van der Waals surface area (Å²) in [6.07, 6.45) is 0.00833. The smallest absolute Gasteiger partial charge is 0.239 e. The van der Waals surface area contributed by atoms with E-state index in [1.165, 1.54) is 17.9 Å². The fraction of sp³-hybridized carbons (Fsp3) is 0.385. The summed E-state index contributed by atoms with van der Waals surface area (Å²) in [4.78, 5) is 25.1. The summed E-state index contributed by atoms with van der Waals surface area (Å²) < 4.78 is 23.4. The Morgan fingerprint density at radius 2 is 2.04 bits per heavy atom. The number of halogens is 1. The number of carbonyl (C=O) groups excluding carboxylic acids is 2. The van der Waals surface area contributed by atoms with E-state index in [0.717, 1.165) is 0 Å². The number of nitrogens with two attached hydrogens (primary N) is 2. The van der Waals surface area contributed by atoms with E-state index in [0.29, 0.717) is 11.3 Å². The molecular weight excluding hydrogens is 344 g/mol. The molecule has 10 heteroatoms. The van der Waals surface area contributed by atoms with Gasteiger partial charge in [0.1, 0.15) is 0 Å². The number of amides is 2. The van der Waals surface area contributed by atoms with Crippen molar-refractivity contribution in [2.24, 2.45) is 16.9 Å². The number of hydrazine groups is 1. The first-order valence-corrected chi connectivity index (χ1v) is 8.63. The van der Waals surface area contributed by atoms with Crippen molar-refractivity contribution in [1.82, 2.24) is 5.43 Å². The van der Waals surface area contributed by atoms with Gasteiger partial charge in [-0.25, -0.2) is 19.4 Å². The Balaban J connectivity index is 2.50. The van der Waals surface area contributed by atoms with Gasteiger partial charge in [-0.1, -0.05) is 11.6 Å². The molecular formula is C13H17ClN4O4S. The molecule has 1 unspecified atom stereocenters. The summed E-state index contributed by atoms with van der Waals surface area (Å²) in [6, 6.07) is 1.48. The molecule has 0 aliphatic carbocycles. The minimum atomic E-state index is -3.94. The number of hydrogen-bond donors (Lipinski definition) is 3. The number of anilines is 1. The van der Waals surface area contributed by atoms with Crippen LogP contribution in [0.1, 0.15) is 17.5 Å². The molecule has 126 valence electrons. The van der Waals surface area contributed by atoms with Crippen molar-refractivity contribution in [2.75, 3.05) is 11.4 Å². The van der Waals surface area contributed by atoms with Gasteiger partial charge in [-0.3, -0.25) is 15.0 Å². The van der Waals surface area contributed by atoms with Crippen LogP contribution < -0.4 is 21.3 Å². The van der Waals surface area contributed by atoms with E-state index >= 15 is 0 Å². The van der Waals surface area contributed by atoms with Gasteiger partial charge in [0.15, 0.2) is 0 Å². The number of hydrogen-bond acceptors (Lipinski definition) is 5. The molecule has 8 nitrogen and oxygen atoms in total. The van der Waals surface area contributed by atoms with Gasteiger partial charge in [-0.15, -0.1) is 0 Å². The second kappa shape index (κ2) is 6.08. The van der Waals surface area contributed by atoms with Crippen molar-refractivity contribution >= 4 is 39.1 Å². The monoisotopic (exact) mass is 360 g/mol.